The summed E-state index contributed by atoms with van der Waals surface area (Å²) in [6, 6.07) is 2.18. The van der Waals surface area contributed by atoms with Crippen LogP contribution in [0.15, 0.2) is 24.8 Å². The number of aryl methyl sites for hydroxylation is 2. The summed E-state index contributed by atoms with van der Waals surface area (Å²) >= 11 is 1.70. The number of hydrogen-bond donors (Lipinski definition) is 3. The topological polar surface area (TPSA) is 70.1 Å². The Kier molecular flexibility index (Phi) is 8.81. The first kappa shape index (κ1) is 23.6. The van der Waals surface area contributed by atoms with Gasteiger partial charge >= 0.3 is 0 Å². The molecule has 6 heteroatoms. The molecule has 0 radical (unpaired) electrons. The summed E-state index contributed by atoms with van der Waals surface area (Å²) in [5.41, 5.74) is 4.29. The van der Waals surface area contributed by atoms with E-state index in [1.54, 1.807) is 17.4 Å². The van der Waals surface area contributed by atoms with Gasteiger partial charge in [0.15, 0.2) is 0 Å². The molecule has 3 N–H and O–H groups in total. The molecule has 2 aromatic rings. The van der Waals surface area contributed by atoms with Gasteiger partial charge in [-0.05, 0) is 69.2 Å². The van der Waals surface area contributed by atoms with E-state index in [0.29, 0.717) is 5.92 Å². The maximum atomic E-state index is 9.52. The van der Waals surface area contributed by atoms with Crippen LogP contribution in [0, 0.1) is 25.7 Å². The summed E-state index contributed by atoms with van der Waals surface area (Å²) in [5, 5.41) is 17.6. The highest BCUT2D eigenvalue weighted by molar-refractivity contribution is 7.15. The van der Waals surface area contributed by atoms with Crippen molar-refractivity contribution in [2.45, 2.75) is 53.0 Å². The van der Waals surface area contributed by atoms with Crippen LogP contribution in [0.4, 0.5) is 5.82 Å². The molecule has 5 nitrogen and oxygen atoms in total. The van der Waals surface area contributed by atoms with Crippen LogP contribution in [-0.2, 0) is 6.54 Å². The maximum absolute atomic E-state index is 9.52. The van der Waals surface area contributed by atoms with Crippen molar-refractivity contribution in [3.8, 4) is 10.6 Å². The monoisotopic (exact) mass is 440 g/mol. The van der Waals surface area contributed by atoms with Crippen molar-refractivity contribution in [1.82, 2.24) is 15.3 Å². The molecule has 1 aliphatic carbocycles. The Bertz CT molecular complexity index is 897. The summed E-state index contributed by atoms with van der Waals surface area (Å²) in [6.45, 7) is 13.0. The number of aliphatic hydroxyl groups excluding tert-OH is 1. The molecule has 168 valence electrons. The summed E-state index contributed by atoms with van der Waals surface area (Å²) in [5.74, 6) is 2.06. The molecule has 2 heterocycles. The first-order valence-electron chi connectivity index (χ1n) is 11.4. The fourth-order valence-electron chi connectivity index (χ4n) is 3.60. The summed E-state index contributed by atoms with van der Waals surface area (Å²) in [4.78, 5) is 11.0. The predicted octanol–water partition coefficient (Wildman–Crippen LogP) is 5.34. The van der Waals surface area contributed by atoms with Crippen molar-refractivity contribution in [1.29, 1.82) is 0 Å². The summed E-state index contributed by atoms with van der Waals surface area (Å²) in [6.07, 6.45) is 10.3. The third-order valence-electron chi connectivity index (χ3n) is 5.82. The molecule has 1 saturated carbocycles. The Hall–Kier alpha value is -2.02. The minimum absolute atomic E-state index is 0.229. The molecule has 1 fully saturated rings. The molecule has 31 heavy (non-hydrogen) atoms. The van der Waals surface area contributed by atoms with Crippen LogP contribution < -0.4 is 10.6 Å². The lowest BCUT2D eigenvalue weighted by molar-refractivity contribution is 0.217. The van der Waals surface area contributed by atoms with E-state index in [-0.39, 0.29) is 6.61 Å². The number of thiazole rings is 1. The zero-order valence-electron chi connectivity index (χ0n) is 19.1. The Balaban J connectivity index is 1.85. The van der Waals surface area contributed by atoms with Crippen LogP contribution in [0.3, 0.4) is 0 Å². The van der Waals surface area contributed by atoms with Crippen LogP contribution in [0.5, 0.6) is 0 Å². The maximum Gasteiger partial charge on any atom is 0.136 e. The molecule has 1 unspecified atom stereocenters. The zero-order chi connectivity index (χ0) is 22.2. The van der Waals surface area contributed by atoms with E-state index in [1.165, 1.54) is 23.3 Å². The molecule has 0 bridgehead atoms. The highest BCUT2D eigenvalue weighted by Gasteiger charge is 2.21. The van der Waals surface area contributed by atoms with E-state index in [0.717, 1.165) is 66.2 Å². The Morgan fingerprint density at radius 3 is 2.81 bits per heavy atom. The van der Waals surface area contributed by atoms with Gasteiger partial charge in [0.25, 0.3) is 0 Å². The molecule has 0 spiro atoms. The van der Waals surface area contributed by atoms with Gasteiger partial charge in [-0.1, -0.05) is 32.1 Å². The third-order valence-corrected chi connectivity index (χ3v) is 6.83. The van der Waals surface area contributed by atoms with E-state index in [1.807, 2.05) is 12.2 Å². The Morgan fingerprint density at radius 1 is 1.32 bits per heavy atom. The van der Waals surface area contributed by atoms with Gasteiger partial charge in [0.05, 0.1) is 17.0 Å². The number of rotatable bonds is 13. The molecule has 0 amide bonds. The molecule has 0 aliphatic heterocycles. The highest BCUT2D eigenvalue weighted by Crippen LogP contribution is 2.35. The smallest absolute Gasteiger partial charge is 0.136 e. The van der Waals surface area contributed by atoms with Crippen molar-refractivity contribution in [2.75, 3.05) is 25.0 Å². The van der Waals surface area contributed by atoms with Crippen molar-refractivity contribution in [3.63, 3.8) is 0 Å². The van der Waals surface area contributed by atoms with Gasteiger partial charge in [-0.3, -0.25) is 0 Å². The summed E-state index contributed by atoms with van der Waals surface area (Å²) < 4.78 is 0. The molecule has 2 aromatic heterocycles. The van der Waals surface area contributed by atoms with E-state index < -0.39 is 0 Å². The quantitative estimate of drug-likeness (QED) is 0.367. The second-order valence-corrected chi connectivity index (χ2v) is 9.66. The standard InChI is InChI=1S/C25H36N4OS/c1-5-7-8-22-18(4)31-25(29-22)23-17(3)13-21(15-26-14-20-9-10-20)28-24(23)27-12-11-19(6-2)16-30/h5,7-8,13,19-20,26,30H,1,6,9-12,14-16H2,2-4H3,(H,27,28)/b8-7-. The Morgan fingerprint density at radius 2 is 2.13 bits per heavy atom. The van der Waals surface area contributed by atoms with Gasteiger partial charge in [0.2, 0.25) is 0 Å². The van der Waals surface area contributed by atoms with Gasteiger partial charge < -0.3 is 15.7 Å². The normalized spacial score (nSPS) is 14.8. The van der Waals surface area contributed by atoms with E-state index in [4.69, 9.17) is 9.97 Å². The average Bonchev–Trinajstić information content (AvgIpc) is 3.51. The predicted molar refractivity (Wildman–Crippen MR) is 132 cm³/mol. The van der Waals surface area contributed by atoms with Crippen LogP contribution >= 0.6 is 11.3 Å². The van der Waals surface area contributed by atoms with Crippen molar-refractivity contribution < 1.29 is 5.11 Å². The largest absolute Gasteiger partial charge is 0.396 e. The summed E-state index contributed by atoms with van der Waals surface area (Å²) in [7, 11) is 0. The molecule has 1 atom stereocenters. The Labute approximate surface area is 190 Å². The minimum Gasteiger partial charge on any atom is -0.396 e. The lowest BCUT2D eigenvalue weighted by Gasteiger charge is -2.17. The average molecular weight is 441 g/mol. The number of nitrogens with zero attached hydrogens (tertiary/aromatic N) is 2. The van der Waals surface area contributed by atoms with Crippen molar-refractivity contribution in [3.05, 3.63) is 46.6 Å². The van der Waals surface area contributed by atoms with Crippen LogP contribution in [-0.4, -0.2) is 34.8 Å². The highest BCUT2D eigenvalue weighted by atomic mass is 32.1. The van der Waals surface area contributed by atoms with Gasteiger partial charge in [-0.25, -0.2) is 9.97 Å². The van der Waals surface area contributed by atoms with E-state index in [9.17, 15) is 5.11 Å². The minimum atomic E-state index is 0.229. The van der Waals surface area contributed by atoms with Crippen LogP contribution in [0.25, 0.3) is 16.6 Å². The number of aliphatic hydroxyl groups is 1. The second kappa shape index (κ2) is 11.6. The molecular weight excluding hydrogens is 404 g/mol. The number of nitrogens with one attached hydrogen (secondary N) is 2. The van der Waals surface area contributed by atoms with Crippen molar-refractivity contribution >= 4 is 23.2 Å². The number of hydrogen-bond acceptors (Lipinski definition) is 6. The van der Waals surface area contributed by atoms with Gasteiger partial charge in [-0.15, -0.1) is 11.3 Å². The van der Waals surface area contributed by atoms with Gasteiger partial charge in [0.1, 0.15) is 10.8 Å². The van der Waals surface area contributed by atoms with E-state index >= 15 is 0 Å². The van der Waals surface area contributed by atoms with Crippen molar-refractivity contribution in [2.24, 2.45) is 11.8 Å². The molecule has 0 aromatic carbocycles. The second-order valence-electron chi connectivity index (χ2n) is 8.46. The lowest BCUT2D eigenvalue weighted by atomic mass is 10.0. The van der Waals surface area contributed by atoms with Gasteiger partial charge in [-0.2, -0.15) is 0 Å². The number of anilines is 1. The third kappa shape index (κ3) is 6.73. The molecule has 0 saturated heterocycles. The van der Waals surface area contributed by atoms with E-state index in [2.05, 4.69) is 44.1 Å². The lowest BCUT2D eigenvalue weighted by Crippen LogP contribution is -2.18. The first-order chi connectivity index (χ1) is 15.0. The zero-order valence-corrected chi connectivity index (χ0v) is 19.9. The molecule has 3 rings (SSSR count). The molecular formula is C25H36N4OS. The fourth-order valence-corrected chi connectivity index (χ4v) is 4.62. The number of pyridine rings is 1. The SMILES string of the molecule is C=C/C=C\c1nc(-c2c(C)cc(CNCC3CC3)nc2NCCC(CC)CO)sc1C. The van der Waals surface area contributed by atoms with Crippen LogP contribution in [0.1, 0.15) is 54.4 Å². The molecule has 1 aliphatic rings. The fraction of sp³-hybridized carbons (Fsp3) is 0.520. The van der Waals surface area contributed by atoms with Gasteiger partial charge in [0, 0.05) is 24.6 Å². The number of allylic oxidation sites excluding steroid dienone is 2. The first-order valence-corrected chi connectivity index (χ1v) is 12.2. The van der Waals surface area contributed by atoms with Crippen LogP contribution in [0.2, 0.25) is 0 Å². The number of aromatic nitrogens is 2.